The summed E-state index contributed by atoms with van der Waals surface area (Å²) in [5, 5.41) is 10.1. The number of nitrogens with zero attached hydrogens (tertiary/aromatic N) is 2. The number of anilines is 1. The molecule has 3 aromatic rings. The highest BCUT2D eigenvalue weighted by atomic mass is 35.5. The number of carboxylic acid groups (broad SMARTS) is 1. The van der Waals surface area contributed by atoms with E-state index >= 15 is 0 Å². The molecule has 30 heavy (non-hydrogen) atoms. The van der Waals surface area contributed by atoms with Crippen LogP contribution in [0.5, 0.6) is 0 Å². The van der Waals surface area contributed by atoms with Crippen molar-refractivity contribution in [2.24, 2.45) is 4.99 Å². The molecule has 0 atom stereocenters. The normalized spacial score (nSPS) is 13.7. The van der Waals surface area contributed by atoms with Crippen LogP contribution in [-0.2, 0) is 11.2 Å². The number of carbonyl (C=O) groups is 2. The molecule has 0 unspecified atom stereocenters. The SMILES string of the molecule is O=C(O)c1cc(-c2ccc(CC3=NC(=S)N(c4ccc(Cl)cc4)C3=O)o2)ccc1Cl. The van der Waals surface area contributed by atoms with Crippen molar-refractivity contribution in [3.63, 3.8) is 0 Å². The highest BCUT2D eigenvalue weighted by Crippen LogP contribution is 2.28. The summed E-state index contributed by atoms with van der Waals surface area (Å²) in [4.78, 5) is 29.6. The zero-order valence-corrected chi connectivity index (χ0v) is 17.5. The van der Waals surface area contributed by atoms with Crippen LogP contribution in [0.4, 0.5) is 5.69 Å². The molecule has 0 bridgehead atoms. The minimum absolute atomic E-state index is 0.0218. The zero-order valence-electron chi connectivity index (χ0n) is 15.1. The van der Waals surface area contributed by atoms with E-state index in [4.69, 9.17) is 39.8 Å². The van der Waals surface area contributed by atoms with E-state index in [1.807, 2.05) is 0 Å². The number of hydrogen-bond acceptors (Lipinski definition) is 4. The Labute approximate surface area is 186 Å². The van der Waals surface area contributed by atoms with Gasteiger partial charge >= 0.3 is 5.97 Å². The first-order chi connectivity index (χ1) is 14.3. The second kappa shape index (κ2) is 8.02. The molecule has 150 valence electrons. The van der Waals surface area contributed by atoms with Crippen LogP contribution in [0.2, 0.25) is 10.0 Å². The molecule has 1 aliphatic rings. The Kier molecular flexibility index (Phi) is 5.42. The van der Waals surface area contributed by atoms with Gasteiger partial charge in [0.05, 0.1) is 22.7 Å². The predicted octanol–water partition coefficient (Wildman–Crippen LogP) is 5.27. The molecule has 0 spiro atoms. The van der Waals surface area contributed by atoms with Gasteiger partial charge in [0.25, 0.3) is 5.91 Å². The van der Waals surface area contributed by atoms with Gasteiger partial charge in [0.2, 0.25) is 5.11 Å². The van der Waals surface area contributed by atoms with E-state index < -0.39 is 5.97 Å². The van der Waals surface area contributed by atoms with Crippen LogP contribution in [0.1, 0.15) is 16.1 Å². The van der Waals surface area contributed by atoms with Crippen LogP contribution >= 0.6 is 35.4 Å². The van der Waals surface area contributed by atoms with Crippen molar-refractivity contribution in [2.45, 2.75) is 6.42 Å². The maximum absolute atomic E-state index is 12.8. The number of furan rings is 1. The van der Waals surface area contributed by atoms with E-state index in [2.05, 4.69) is 4.99 Å². The quantitative estimate of drug-likeness (QED) is 0.526. The number of carbonyl (C=O) groups excluding carboxylic acids is 1. The Bertz CT molecular complexity index is 1220. The largest absolute Gasteiger partial charge is 0.478 e. The van der Waals surface area contributed by atoms with Crippen molar-refractivity contribution < 1.29 is 19.1 Å². The Morgan fingerprint density at radius 3 is 2.53 bits per heavy atom. The number of halogens is 2. The first-order valence-electron chi connectivity index (χ1n) is 8.67. The van der Waals surface area contributed by atoms with Gasteiger partial charge in [0.1, 0.15) is 17.2 Å². The van der Waals surface area contributed by atoms with Gasteiger partial charge < -0.3 is 9.52 Å². The number of rotatable bonds is 5. The minimum atomic E-state index is -1.13. The van der Waals surface area contributed by atoms with Gasteiger partial charge in [-0.25, -0.2) is 9.79 Å². The van der Waals surface area contributed by atoms with Crippen LogP contribution in [0.25, 0.3) is 11.3 Å². The van der Waals surface area contributed by atoms with Gasteiger partial charge in [-0.1, -0.05) is 23.2 Å². The van der Waals surface area contributed by atoms with E-state index in [-0.39, 0.29) is 33.7 Å². The summed E-state index contributed by atoms with van der Waals surface area (Å²) in [6.07, 6.45) is 0.141. The second-order valence-corrected chi connectivity index (χ2v) is 7.61. The van der Waals surface area contributed by atoms with E-state index in [9.17, 15) is 14.7 Å². The maximum atomic E-state index is 12.8. The maximum Gasteiger partial charge on any atom is 0.337 e. The van der Waals surface area contributed by atoms with Gasteiger partial charge in [-0.15, -0.1) is 0 Å². The zero-order chi connectivity index (χ0) is 21.4. The Balaban J connectivity index is 1.54. The average molecular weight is 459 g/mol. The topological polar surface area (TPSA) is 83.1 Å². The molecule has 0 radical (unpaired) electrons. The van der Waals surface area contributed by atoms with Crippen LogP contribution in [0, 0.1) is 0 Å². The molecular weight excluding hydrogens is 447 g/mol. The fraction of sp³-hybridized carbons (Fsp3) is 0.0476. The van der Waals surface area contributed by atoms with Crippen molar-refractivity contribution in [3.05, 3.63) is 76.0 Å². The van der Waals surface area contributed by atoms with Crippen molar-refractivity contribution in [3.8, 4) is 11.3 Å². The van der Waals surface area contributed by atoms with Gasteiger partial charge in [0.15, 0.2) is 0 Å². The van der Waals surface area contributed by atoms with E-state index in [1.165, 1.54) is 17.0 Å². The highest BCUT2D eigenvalue weighted by molar-refractivity contribution is 7.80. The first-order valence-corrected chi connectivity index (χ1v) is 9.83. The third-order valence-electron chi connectivity index (χ3n) is 4.44. The number of benzene rings is 2. The summed E-state index contributed by atoms with van der Waals surface area (Å²) < 4.78 is 5.80. The fourth-order valence-corrected chi connectivity index (χ4v) is 3.62. The average Bonchev–Trinajstić information content (AvgIpc) is 3.28. The molecule has 9 heteroatoms. The molecule has 1 N–H and O–H groups in total. The highest BCUT2D eigenvalue weighted by Gasteiger charge is 2.32. The Morgan fingerprint density at radius 2 is 1.83 bits per heavy atom. The Hall–Kier alpha value is -3.00. The predicted molar refractivity (Wildman–Crippen MR) is 119 cm³/mol. The smallest absolute Gasteiger partial charge is 0.337 e. The molecule has 2 aromatic carbocycles. The number of aliphatic imine (C=N–C) groups is 1. The van der Waals surface area contributed by atoms with Crippen LogP contribution in [-0.4, -0.2) is 27.8 Å². The van der Waals surface area contributed by atoms with Crippen molar-refractivity contribution in [1.29, 1.82) is 0 Å². The molecule has 1 amide bonds. The third kappa shape index (κ3) is 3.87. The summed E-state index contributed by atoms with van der Waals surface area (Å²) in [6.45, 7) is 0. The molecule has 2 heterocycles. The molecule has 1 aromatic heterocycles. The van der Waals surface area contributed by atoms with E-state index in [1.54, 1.807) is 42.5 Å². The Morgan fingerprint density at radius 1 is 1.10 bits per heavy atom. The van der Waals surface area contributed by atoms with Crippen molar-refractivity contribution in [2.75, 3.05) is 4.90 Å². The molecule has 0 aliphatic carbocycles. The fourth-order valence-electron chi connectivity index (χ4n) is 3.00. The third-order valence-corrected chi connectivity index (χ3v) is 5.30. The molecule has 0 saturated heterocycles. The van der Waals surface area contributed by atoms with Crippen LogP contribution in [0.3, 0.4) is 0 Å². The summed E-state index contributed by atoms with van der Waals surface area (Å²) in [7, 11) is 0. The van der Waals surface area contributed by atoms with Crippen LogP contribution < -0.4 is 4.90 Å². The van der Waals surface area contributed by atoms with Gasteiger partial charge in [-0.2, -0.15) is 0 Å². The van der Waals surface area contributed by atoms with E-state index in [0.29, 0.717) is 27.8 Å². The first kappa shape index (κ1) is 20.3. The number of carboxylic acids is 1. The summed E-state index contributed by atoms with van der Waals surface area (Å²) in [6, 6.07) is 14.7. The van der Waals surface area contributed by atoms with Crippen molar-refractivity contribution >= 4 is 63.8 Å². The number of hydrogen-bond donors (Lipinski definition) is 1. The monoisotopic (exact) mass is 458 g/mol. The van der Waals surface area contributed by atoms with Crippen molar-refractivity contribution in [1.82, 2.24) is 0 Å². The van der Waals surface area contributed by atoms with Gasteiger partial charge in [0, 0.05) is 10.6 Å². The second-order valence-electron chi connectivity index (χ2n) is 6.40. The lowest BCUT2D eigenvalue weighted by molar-refractivity contribution is -0.111. The van der Waals surface area contributed by atoms with Crippen LogP contribution in [0.15, 0.2) is 64.0 Å². The van der Waals surface area contributed by atoms with E-state index in [0.717, 1.165) is 0 Å². The number of aromatic carboxylic acids is 1. The van der Waals surface area contributed by atoms with Gasteiger partial charge in [-0.3, -0.25) is 9.69 Å². The molecule has 6 nitrogen and oxygen atoms in total. The van der Waals surface area contributed by atoms with Gasteiger partial charge in [-0.05, 0) is 66.8 Å². The molecular formula is C21H12Cl2N2O4S. The lowest BCUT2D eigenvalue weighted by Gasteiger charge is -2.14. The standard InChI is InChI=1S/C21H12Cl2N2O4S/c22-12-2-4-13(5-3-12)25-19(26)17(24-21(25)30)10-14-6-8-18(29-14)11-1-7-16(23)15(9-11)20(27)28/h1-9H,10H2,(H,27,28). The summed E-state index contributed by atoms with van der Waals surface area (Å²) in [5.74, 6) is -0.521. The molecule has 4 rings (SSSR count). The summed E-state index contributed by atoms with van der Waals surface area (Å²) >= 11 is 17.1. The lowest BCUT2D eigenvalue weighted by Crippen LogP contribution is -2.33. The molecule has 1 aliphatic heterocycles. The molecule has 0 fully saturated rings. The lowest BCUT2D eigenvalue weighted by atomic mass is 10.1. The summed E-state index contributed by atoms with van der Waals surface area (Å²) in [5.41, 5.74) is 1.36. The molecule has 0 saturated carbocycles. The minimum Gasteiger partial charge on any atom is -0.478 e. The number of amides is 1. The number of thiocarbonyl (C=S) groups is 1.